The molecule has 3 rings (SSSR count). The van der Waals surface area contributed by atoms with Crippen LogP contribution in [0.5, 0.6) is 0 Å². The van der Waals surface area contributed by atoms with E-state index in [1.54, 1.807) is 6.08 Å². The Hall–Kier alpha value is -2.92. The highest BCUT2D eigenvalue weighted by atomic mass is 16.2. The molecule has 0 bridgehead atoms. The van der Waals surface area contributed by atoms with Crippen molar-refractivity contribution in [3.05, 3.63) is 77.9 Å². The van der Waals surface area contributed by atoms with Crippen LogP contribution in [0.15, 0.2) is 66.7 Å². The molecule has 30 heavy (non-hydrogen) atoms. The second-order valence-electron chi connectivity index (χ2n) is 7.60. The molecule has 1 fully saturated rings. The van der Waals surface area contributed by atoms with Crippen LogP contribution in [0.3, 0.4) is 0 Å². The van der Waals surface area contributed by atoms with Gasteiger partial charge in [-0.05, 0) is 43.0 Å². The number of hydrogen-bond donors (Lipinski definition) is 2. The molecule has 0 spiro atoms. The molecule has 0 radical (unpaired) electrons. The molecule has 0 aliphatic carbocycles. The van der Waals surface area contributed by atoms with Gasteiger partial charge in [-0.1, -0.05) is 60.7 Å². The fourth-order valence-corrected chi connectivity index (χ4v) is 3.62. The van der Waals surface area contributed by atoms with Gasteiger partial charge < -0.3 is 15.5 Å². The average Bonchev–Trinajstić information content (AvgIpc) is 2.80. The molecule has 2 aromatic rings. The largest absolute Gasteiger partial charge is 0.356 e. The topological polar surface area (TPSA) is 61.4 Å². The van der Waals surface area contributed by atoms with Crippen LogP contribution in [0.25, 0.3) is 6.08 Å². The first-order valence-corrected chi connectivity index (χ1v) is 10.8. The van der Waals surface area contributed by atoms with E-state index in [4.69, 9.17) is 0 Å². The van der Waals surface area contributed by atoms with E-state index in [0.717, 1.165) is 43.5 Å². The van der Waals surface area contributed by atoms with Crippen molar-refractivity contribution in [1.82, 2.24) is 15.5 Å². The molecule has 1 aliphatic heterocycles. The third kappa shape index (κ3) is 7.16. The number of carbonyl (C=O) groups excluding carboxylic acids is 2. The monoisotopic (exact) mass is 405 g/mol. The van der Waals surface area contributed by atoms with Gasteiger partial charge in [-0.2, -0.15) is 0 Å². The predicted octanol–water partition coefficient (Wildman–Crippen LogP) is 3.55. The number of hydrogen-bond acceptors (Lipinski definition) is 3. The Bertz CT molecular complexity index is 821. The Morgan fingerprint density at radius 2 is 1.60 bits per heavy atom. The highest BCUT2D eigenvalue weighted by Gasteiger charge is 2.17. The Morgan fingerprint density at radius 3 is 2.37 bits per heavy atom. The van der Waals surface area contributed by atoms with Crippen molar-refractivity contribution in [3.8, 4) is 0 Å². The first-order chi connectivity index (χ1) is 14.7. The van der Waals surface area contributed by atoms with Gasteiger partial charge in [0.05, 0.1) is 0 Å². The molecule has 2 aromatic carbocycles. The molecule has 1 saturated heterocycles. The second kappa shape index (κ2) is 11.9. The minimum absolute atomic E-state index is 0.0125. The predicted molar refractivity (Wildman–Crippen MR) is 121 cm³/mol. The van der Waals surface area contributed by atoms with Crippen LogP contribution in [-0.2, 0) is 9.59 Å². The van der Waals surface area contributed by atoms with Crippen molar-refractivity contribution >= 4 is 17.9 Å². The maximum Gasteiger partial charge on any atom is 0.246 e. The van der Waals surface area contributed by atoms with Gasteiger partial charge in [0.25, 0.3) is 0 Å². The summed E-state index contributed by atoms with van der Waals surface area (Å²) in [5, 5.41) is 6.52. The van der Waals surface area contributed by atoms with Gasteiger partial charge in [-0.3, -0.25) is 9.59 Å². The number of rotatable bonds is 3. The standard InChI is InChI=1S/C25H31N3O2/c29-24-20-23(22-12-5-2-6-13-22)26-16-7-8-18-28(19-9-17-27-24)25(30)15-14-21-10-3-1-4-11-21/h1-6,10-15,23,26H,7-9,16-20H2,(H,27,29)/t23-/m1/s1. The van der Waals surface area contributed by atoms with Crippen molar-refractivity contribution in [2.24, 2.45) is 0 Å². The maximum atomic E-state index is 12.7. The lowest BCUT2D eigenvalue weighted by Crippen LogP contribution is -2.34. The minimum Gasteiger partial charge on any atom is -0.356 e. The first kappa shape index (κ1) is 21.8. The smallest absolute Gasteiger partial charge is 0.246 e. The van der Waals surface area contributed by atoms with Crippen molar-refractivity contribution in [1.29, 1.82) is 0 Å². The molecule has 5 heteroatoms. The van der Waals surface area contributed by atoms with E-state index >= 15 is 0 Å². The first-order valence-electron chi connectivity index (χ1n) is 10.8. The lowest BCUT2D eigenvalue weighted by atomic mass is 10.0. The van der Waals surface area contributed by atoms with E-state index in [1.165, 1.54) is 0 Å². The third-order valence-electron chi connectivity index (χ3n) is 5.29. The van der Waals surface area contributed by atoms with Crippen molar-refractivity contribution < 1.29 is 9.59 Å². The number of carbonyl (C=O) groups is 2. The lowest BCUT2D eigenvalue weighted by molar-refractivity contribution is -0.126. The van der Waals surface area contributed by atoms with Crippen LogP contribution in [-0.4, -0.2) is 42.9 Å². The molecule has 0 aromatic heterocycles. The van der Waals surface area contributed by atoms with Gasteiger partial charge in [0, 0.05) is 38.2 Å². The summed E-state index contributed by atoms with van der Waals surface area (Å²) in [4.78, 5) is 27.0. The van der Waals surface area contributed by atoms with Crippen LogP contribution in [0.4, 0.5) is 0 Å². The summed E-state index contributed by atoms with van der Waals surface area (Å²) in [6.45, 7) is 2.76. The van der Waals surface area contributed by atoms with Gasteiger partial charge in [0.15, 0.2) is 0 Å². The summed E-state index contributed by atoms with van der Waals surface area (Å²) in [6.07, 6.45) is 6.57. The highest BCUT2D eigenvalue weighted by molar-refractivity contribution is 5.91. The summed E-state index contributed by atoms with van der Waals surface area (Å²) in [7, 11) is 0. The zero-order chi connectivity index (χ0) is 21.0. The molecule has 1 heterocycles. The van der Waals surface area contributed by atoms with E-state index in [9.17, 15) is 9.59 Å². The van der Waals surface area contributed by atoms with Gasteiger partial charge in [0.2, 0.25) is 11.8 Å². The van der Waals surface area contributed by atoms with Crippen LogP contribution in [0.2, 0.25) is 0 Å². The van der Waals surface area contributed by atoms with E-state index in [2.05, 4.69) is 22.8 Å². The normalized spacial score (nSPS) is 19.4. The summed E-state index contributed by atoms with van der Waals surface area (Å²) >= 11 is 0. The lowest BCUT2D eigenvalue weighted by Gasteiger charge is -2.21. The Morgan fingerprint density at radius 1 is 0.900 bits per heavy atom. The Kier molecular flexibility index (Phi) is 8.66. The molecular weight excluding hydrogens is 374 g/mol. The summed E-state index contributed by atoms with van der Waals surface area (Å²) in [5.41, 5.74) is 2.14. The number of nitrogens with zero attached hydrogens (tertiary/aromatic N) is 1. The summed E-state index contributed by atoms with van der Waals surface area (Å²) in [6, 6.07) is 20.0. The second-order valence-corrected chi connectivity index (χ2v) is 7.60. The number of nitrogens with one attached hydrogen (secondary N) is 2. The van der Waals surface area contributed by atoms with E-state index in [0.29, 0.717) is 19.5 Å². The van der Waals surface area contributed by atoms with E-state index < -0.39 is 0 Å². The average molecular weight is 406 g/mol. The van der Waals surface area contributed by atoms with Crippen LogP contribution < -0.4 is 10.6 Å². The highest BCUT2D eigenvalue weighted by Crippen LogP contribution is 2.17. The molecule has 1 atom stereocenters. The number of benzene rings is 2. The third-order valence-corrected chi connectivity index (χ3v) is 5.29. The fraction of sp³-hybridized carbons (Fsp3) is 0.360. The maximum absolute atomic E-state index is 12.7. The molecule has 5 nitrogen and oxygen atoms in total. The minimum atomic E-state index is 0.0125. The molecular formula is C25H31N3O2. The molecule has 1 aliphatic rings. The Balaban J connectivity index is 1.58. The van der Waals surface area contributed by atoms with Crippen LogP contribution in [0.1, 0.15) is 42.9 Å². The SMILES string of the molecule is O=C1C[C@H](c2ccccc2)NCCCCN(C(=O)C=Cc2ccccc2)CCCN1. The quantitative estimate of drug-likeness (QED) is 0.768. The van der Waals surface area contributed by atoms with Gasteiger partial charge in [-0.25, -0.2) is 0 Å². The summed E-state index contributed by atoms with van der Waals surface area (Å²) in [5.74, 6) is 0.0626. The molecule has 158 valence electrons. The molecule has 0 unspecified atom stereocenters. The van der Waals surface area contributed by atoms with Crippen LogP contribution >= 0.6 is 0 Å². The fourth-order valence-electron chi connectivity index (χ4n) is 3.62. The molecule has 2 N–H and O–H groups in total. The van der Waals surface area contributed by atoms with Crippen molar-refractivity contribution in [2.75, 3.05) is 26.2 Å². The van der Waals surface area contributed by atoms with Crippen molar-refractivity contribution in [3.63, 3.8) is 0 Å². The molecule has 2 amide bonds. The van der Waals surface area contributed by atoms with Crippen LogP contribution in [0, 0.1) is 0 Å². The van der Waals surface area contributed by atoms with Crippen molar-refractivity contribution in [2.45, 2.75) is 31.7 Å². The van der Waals surface area contributed by atoms with E-state index in [-0.39, 0.29) is 17.9 Å². The summed E-state index contributed by atoms with van der Waals surface area (Å²) < 4.78 is 0. The van der Waals surface area contributed by atoms with Gasteiger partial charge in [-0.15, -0.1) is 0 Å². The van der Waals surface area contributed by atoms with E-state index in [1.807, 2.05) is 59.5 Å². The number of amides is 2. The Labute approximate surface area is 179 Å². The van der Waals surface area contributed by atoms with Gasteiger partial charge >= 0.3 is 0 Å². The van der Waals surface area contributed by atoms with Gasteiger partial charge in [0.1, 0.15) is 0 Å². The molecule has 0 saturated carbocycles. The zero-order valence-electron chi connectivity index (χ0n) is 17.4. The zero-order valence-corrected chi connectivity index (χ0v) is 17.4.